The van der Waals surface area contributed by atoms with Crippen molar-refractivity contribution in [2.45, 2.75) is 58.4 Å². The number of piperazine rings is 1. The summed E-state index contributed by atoms with van der Waals surface area (Å²) in [5, 5.41) is 0.794. The molecule has 1 atom stereocenters. The van der Waals surface area contributed by atoms with E-state index in [1.54, 1.807) is 27.7 Å². The smallest absolute Gasteiger partial charge is 0.410 e. The topological polar surface area (TPSA) is 49.9 Å². The molecule has 1 saturated heterocycles. The van der Waals surface area contributed by atoms with Gasteiger partial charge in [0.25, 0.3) is 0 Å². The van der Waals surface area contributed by atoms with Crippen LogP contribution in [0.15, 0.2) is 30.3 Å². The van der Waals surface area contributed by atoms with Gasteiger partial charge in [-0.05, 0) is 52.7 Å². The summed E-state index contributed by atoms with van der Waals surface area (Å²) in [6.45, 7) is 7.34. The number of ether oxygens (including phenoxy) is 1. The number of alkyl halides is 3. The molecular weight excluding hydrogens is 421 g/mol. The number of hydrogen-bond acceptors (Lipinski definition) is 3. The van der Waals surface area contributed by atoms with E-state index in [1.807, 2.05) is 30.3 Å². The molecule has 1 aromatic carbocycles. The number of amides is 2. The monoisotopic (exact) mass is 448 g/mol. The van der Waals surface area contributed by atoms with Crippen LogP contribution in [-0.2, 0) is 9.53 Å². The largest absolute Gasteiger partial charge is 0.444 e. The second-order valence-corrected chi connectivity index (χ2v) is 9.09. The van der Waals surface area contributed by atoms with Crippen molar-refractivity contribution < 1.29 is 27.5 Å². The molecule has 1 heterocycles. The quantitative estimate of drug-likeness (QED) is 0.598. The van der Waals surface area contributed by atoms with E-state index in [0.29, 0.717) is 0 Å². The van der Waals surface area contributed by atoms with Gasteiger partial charge < -0.3 is 14.5 Å². The standard InChI is InChI=1S/C15H23F3N2O3.C6H5Cl/c1-10-9-19(12(22)23-13(2,3)4)7-8-20(10)11(21)14(5-6-14)15(16,17)18;7-6-4-2-1-3-5-6/h10H,5-9H2,1-4H3;1-5H. The highest BCUT2D eigenvalue weighted by Gasteiger charge is 2.69. The molecule has 0 aromatic heterocycles. The fourth-order valence-corrected chi connectivity index (χ4v) is 3.33. The van der Waals surface area contributed by atoms with Crippen LogP contribution < -0.4 is 0 Å². The maximum absolute atomic E-state index is 13.1. The summed E-state index contributed by atoms with van der Waals surface area (Å²) in [7, 11) is 0. The predicted molar refractivity (Wildman–Crippen MR) is 108 cm³/mol. The van der Waals surface area contributed by atoms with Crippen molar-refractivity contribution >= 4 is 23.6 Å². The second kappa shape index (κ2) is 9.04. The van der Waals surface area contributed by atoms with Gasteiger partial charge in [-0.1, -0.05) is 29.8 Å². The summed E-state index contributed by atoms with van der Waals surface area (Å²) in [5.74, 6) is -0.860. The first-order chi connectivity index (χ1) is 13.8. The van der Waals surface area contributed by atoms with Crippen LogP contribution in [0.5, 0.6) is 0 Å². The molecule has 1 aliphatic heterocycles. The van der Waals surface area contributed by atoms with Crippen LogP contribution >= 0.6 is 11.6 Å². The van der Waals surface area contributed by atoms with Crippen molar-refractivity contribution in [3.8, 4) is 0 Å². The Morgan fingerprint density at radius 1 is 1.10 bits per heavy atom. The first-order valence-electron chi connectivity index (χ1n) is 9.83. The summed E-state index contributed by atoms with van der Waals surface area (Å²) in [5.41, 5.74) is -2.84. The van der Waals surface area contributed by atoms with E-state index in [0.717, 1.165) is 5.02 Å². The molecule has 2 aliphatic rings. The molecule has 0 N–H and O–H groups in total. The van der Waals surface area contributed by atoms with E-state index in [-0.39, 0.29) is 32.5 Å². The maximum Gasteiger partial charge on any atom is 0.410 e. The molecule has 168 valence electrons. The van der Waals surface area contributed by atoms with E-state index in [9.17, 15) is 22.8 Å². The minimum atomic E-state index is -4.51. The molecule has 2 amide bonds. The zero-order valence-electron chi connectivity index (χ0n) is 17.6. The first-order valence-corrected chi connectivity index (χ1v) is 10.2. The van der Waals surface area contributed by atoms with Gasteiger partial charge >= 0.3 is 12.3 Å². The molecular formula is C21H28ClF3N2O3. The van der Waals surface area contributed by atoms with Gasteiger partial charge in [0, 0.05) is 30.7 Å². The van der Waals surface area contributed by atoms with Crippen LogP contribution in [0.3, 0.4) is 0 Å². The SMILES string of the molecule is CC1CN(C(=O)OC(C)(C)C)CCN1C(=O)C1(C(F)(F)F)CC1.Clc1ccccc1. The maximum atomic E-state index is 13.1. The Morgan fingerprint density at radius 2 is 1.67 bits per heavy atom. The molecule has 30 heavy (non-hydrogen) atoms. The van der Waals surface area contributed by atoms with Crippen LogP contribution in [0.4, 0.5) is 18.0 Å². The van der Waals surface area contributed by atoms with Crippen molar-refractivity contribution in [3.05, 3.63) is 35.4 Å². The van der Waals surface area contributed by atoms with E-state index >= 15 is 0 Å². The van der Waals surface area contributed by atoms with Crippen molar-refractivity contribution in [1.82, 2.24) is 9.80 Å². The van der Waals surface area contributed by atoms with E-state index in [1.165, 1.54) is 9.80 Å². The zero-order valence-corrected chi connectivity index (χ0v) is 18.4. The summed E-state index contributed by atoms with van der Waals surface area (Å²) in [6, 6.07) is 8.98. The van der Waals surface area contributed by atoms with Gasteiger partial charge in [0.2, 0.25) is 5.91 Å². The van der Waals surface area contributed by atoms with Gasteiger partial charge in [-0.2, -0.15) is 13.2 Å². The molecule has 5 nitrogen and oxygen atoms in total. The Morgan fingerprint density at radius 3 is 2.03 bits per heavy atom. The third kappa shape index (κ3) is 6.03. The molecule has 1 unspecified atom stereocenters. The number of hydrogen-bond donors (Lipinski definition) is 0. The highest BCUT2D eigenvalue weighted by Crippen LogP contribution is 2.58. The van der Waals surface area contributed by atoms with Crippen molar-refractivity contribution in [1.29, 1.82) is 0 Å². The molecule has 0 spiro atoms. The Labute approximate surface area is 180 Å². The molecule has 1 aromatic rings. The lowest BCUT2D eigenvalue weighted by Crippen LogP contribution is -2.58. The van der Waals surface area contributed by atoms with Crippen molar-refractivity contribution in [2.75, 3.05) is 19.6 Å². The lowest BCUT2D eigenvalue weighted by atomic mass is 10.0. The summed E-state index contributed by atoms with van der Waals surface area (Å²) in [4.78, 5) is 27.0. The van der Waals surface area contributed by atoms with Gasteiger partial charge in [0.15, 0.2) is 0 Å². The molecule has 3 rings (SSSR count). The molecule has 1 aliphatic carbocycles. The number of rotatable bonds is 1. The molecule has 0 bridgehead atoms. The highest BCUT2D eigenvalue weighted by molar-refractivity contribution is 6.30. The van der Waals surface area contributed by atoms with Crippen molar-refractivity contribution in [2.24, 2.45) is 5.41 Å². The number of nitrogens with zero attached hydrogens (tertiary/aromatic N) is 2. The number of carbonyl (C=O) groups excluding carboxylic acids is 2. The third-order valence-corrected chi connectivity index (χ3v) is 5.23. The highest BCUT2D eigenvalue weighted by atomic mass is 35.5. The Balaban J connectivity index is 0.000000386. The minimum Gasteiger partial charge on any atom is -0.444 e. The van der Waals surface area contributed by atoms with Crippen LogP contribution in [0.2, 0.25) is 5.02 Å². The van der Waals surface area contributed by atoms with Crippen LogP contribution in [0, 0.1) is 5.41 Å². The number of halogens is 4. The van der Waals surface area contributed by atoms with E-state index in [4.69, 9.17) is 16.3 Å². The van der Waals surface area contributed by atoms with Crippen molar-refractivity contribution in [3.63, 3.8) is 0 Å². The van der Waals surface area contributed by atoms with E-state index in [2.05, 4.69) is 0 Å². The molecule has 0 radical (unpaired) electrons. The third-order valence-electron chi connectivity index (χ3n) is 4.98. The predicted octanol–water partition coefficient (Wildman–Crippen LogP) is 5.14. The fraction of sp³-hybridized carbons (Fsp3) is 0.619. The van der Waals surface area contributed by atoms with Gasteiger partial charge in [-0.25, -0.2) is 4.79 Å². The van der Waals surface area contributed by atoms with Crippen LogP contribution in [-0.4, -0.2) is 59.3 Å². The molecule has 9 heteroatoms. The van der Waals surface area contributed by atoms with Gasteiger partial charge in [-0.15, -0.1) is 0 Å². The first kappa shape index (κ1) is 24.3. The average Bonchev–Trinajstić information content (AvgIpc) is 3.43. The lowest BCUT2D eigenvalue weighted by molar-refractivity contribution is -0.200. The number of benzene rings is 1. The van der Waals surface area contributed by atoms with Gasteiger partial charge in [0.1, 0.15) is 11.0 Å². The summed E-state index contributed by atoms with van der Waals surface area (Å²) in [6.07, 6.45) is -5.30. The Bertz CT molecular complexity index is 746. The lowest BCUT2D eigenvalue weighted by Gasteiger charge is -2.41. The van der Waals surface area contributed by atoms with Gasteiger partial charge in [-0.3, -0.25) is 4.79 Å². The number of carbonyl (C=O) groups is 2. The fourth-order valence-electron chi connectivity index (χ4n) is 3.18. The minimum absolute atomic E-state index is 0.0943. The Hall–Kier alpha value is -1.96. The summed E-state index contributed by atoms with van der Waals surface area (Å²) < 4.78 is 44.5. The molecule has 1 saturated carbocycles. The Kier molecular flexibility index (Phi) is 7.32. The average molecular weight is 449 g/mol. The van der Waals surface area contributed by atoms with E-state index < -0.39 is 35.2 Å². The second-order valence-electron chi connectivity index (χ2n) is 8.65. The van der Waals surface area contributed by atoms with Gasteiger partial charge in [0.05, 0.1) is 0 Å². The normalized spacial score (nSPS) is 20.7. The zero-order chi connectivity index (χ0) is 22.7. The molecule has 2 fully saturated rings. The summed E-state index contributed by atoms with van der Waals surface area (Å²) >= 11 is 5.54. The van der Waals surface area contributed by atoms with Crippen LogP contribution in [0.1, 0.15) is 40.5 Å². The van der Waals surface area contributed by atoms with Crippen LogP contribution in [0.25, 0.3) is 0 Å².